The van der Waals surface area contributed by atoms with Crippen molar-refractivity contribution in [2.45, 2.75) is 13.8 Å². The summed E-state index contributed by atoms with van der Waals surface area (Å²) in [7, 11) is 0. The molecule has 2 nitrogen and oxygen atoms in total. The zero-order valence-corrected chi connectivity index (χ0v) is 9.80. The number of aliphatic hydroxyl groups is 1. The fourth-order valence-electron chi connectivity index (χ4n) is 1.18. The molecule has 0 radical (unpaired) electrons. The summed E-state index contributed by atoms with van der Waals surface area (Å²) in [6, 6.07) is 3.67. The molecule has 0 amide bonds. The molecule has 2 N–H and O–H groups in total. The molecular formula is C11H13BrO2. The number of aryl methyl sites for hydroxylation is 1. The SMILES string of the molecule is C/C(=C/c1cc(Br)cc(C)c1O)CO. The van der Waals surface area contributed by atoms with E-state index in [0.29, 0.717) is 0 Å². The van der Waals surface area contributed by atoms with Crippen molar-refractivity contribution in [3.05, 3.63) is 33.3 Å². The van der Waals surface area contributed by atoms with Crippen LogP contribution >= 0.6 is 15.9 Å². The van der Waals surface area contributed by atoms with Crippen LogP contribution < -0.4 is 0 Å². The topological polar surface area (TPSA) is 40.5 Å². The average molecular weight is 257 g/mol. The smallest absolute Gasteiger partial charge is 0.125 e. The molecule has 0 fully saturated rings. The standard InChI is InChI=1S/C11H13BrO2/c1-7(6-13)3-9-5-10(12)4-8(2)11(9)14/h3-5,13-14H,6H2,1-2H3/b7-3-. The molecule has 76 valence electrons. The Balaban J connectivity index is 3.21. The maximum absolute atomic E-state index is 9.72. The summed E-state index contributed by atoms with van der Waals surface area (Å²) in [5, 5.41) is 18.6. The van der Waals surface area contributed by atoms with Gasteiger partial charge in [-0.3, -0.25) is 0 Å². The molecule has 1 aromatic rings. The zero-order valence-electron chi connectivity index (χ0n) is 8.21. The van der Waals surface area contributed by atoms with E-state index in [0.717, 1.165) is 21.2 Å². The highest BCUT2D eigenvalue weighted by molar-refractivity contribution is 9.10. The van der Waals surface area contributed by atoms with Crippen LogP contribution in [0.2, 0.25) is 0 Å². The van der Waals surface area contributed by atoms with E-state index in [-0.39, 0.29) is 12.4 Å². The Morgan fingerprint density at radius 2 is 2.14 bits per heavy atom. The number of aliphatic hydroxyl groups excluding tert-OH is 1. The van der Waals surface area contributed by atoms with Gasteiger partial charge in [0.15, 0.2) is 0 Å². The van der Waals surface area contributed by atoms with Crippen molar-refractivity contribution in [3.8, 4) is 5.75 Å². The quantitative estimate of drug-likeness (QED) is 0.855. The van der Waals surface area contributed by atoms with Crippen molar-refractivity contribution in [1.29, 1.82) is 0 Å². The first-order chi connectivity index (χ1) is 6.54. The Kier molecular flexibility index (Phi) is 3.72. The van der Waals surface area contributed by atoms with E-state index >= 15 is 0 Å². The molecule has 0 saturated carbocycles. The number of hydrogen-bond donors (Lipinski definition) is 2. The molecule has 1 rings (SSSR count). The minimum Gasteiger partial charge on any atom is -0.507 e. The maximum Gasteiger partial charge on any atom is 0.125 e. The van der Waals surface area contributed by atoms with Crippen molar-refractivity contribution in [3.63, 3.8) is 0 Å². The summed E-state index contributed by atoms with van der Waals surface area (Å²) >= 11 is 3.36. The molecule has 1 aromatic carbocycles. The van der Waals surface area contributed by atoms with E-state index in [1.807, 2.05) is 26.0 Å². The lowest BCUT2D eigenvalue weighted by molar-refractivity contribution is 0.332. The molecule has 14 heavy (non-hydrogen) atoms. The van der Waals surface area contributed by atoms with Crippen molar-refractivity contribution in [1.82, 2.24) is 0 Å². The normalized spacial score (nSPS) is 11.9. The average Bonchev–Trinajstić information content (AvgIpc) is 2.13. The number of halogens is 1. The summed E-state index contributed by atoms with van der Waals surface area (Å²) in [5.41, 5.74) is 2.36. The van der Waals surface area contributed by atoms with Crippen LogP contribution in [-0.4, -0.2) is 16.8 Å². The number of benzene rings is 1. The number of phenols is 1. The van der Waals surface area contributed by atoms with E-state index in [4.69, 9.17) is 5.11 Å². The van der Waals surface area contributed by atoms with Crippen molar-refractivity contribution < 1.29 is 10.2 Å². The molecule has 0 bridgehead atoms. The van der Waals surface area contributed by atoms with E-state index in [2.05, 4.69) is 15.9 Å². The van der Waals surface area contributed by atoms with Crippen LogP contribution in [0.25, 0.3) is 6.08 Å². The summed E-state index contributed by atoms with van der Waals surface area (Å²) in [5.74, 6) is 0.265. The molecule has 0 aliphatic heterocycles. The maximum atomic E-state index is 9.72. The lowest BCUT2D eigenvalue weighted by Gasteiger charge is -2.05. The molecule has 0 spiro atoms. The van der Waals surface area contributed by atoms with Gasteiger partial charge >= 0.3 is 0 Å². The predicted molar refractivity (Wildman–Crippen MR) is 61.3 cm³/mol. The van der Waals surface area contributed by atoms with Gasteiger partial charge in [0, 0.05) is 10.0 Å². The Morgan fingerprint density at radius 1 is 1.50 bits per heavy atom. The van der Waals surface area contributed by atoms with Gasteiger partial charge in [-0.2, -0.15) is 0 Å². The van der Waals surface area contributed by atoms with Crippen LogP contribution in [0.15, 0.2) is 22.2 Å². The highest BCUT2D eigenvalue weighted by atomic mass is 79.9. The Hall–Kier alpha value is -0.800. The highest BCUT2D eigenvalue weighted by Crippen LogP contribution is 2.28. The third-order valence-electron chi connectivity index (χ3n) is 1.95. The number of aromatic hydroxyl groups is 1. The van der Waals surface area contributed by atoms with Gasteiger partial charge in [-0.15, -0.1) is 0 Å². The lowest BCUT2D eigenvalue weighted by atomic mass is 10.1. The first-order valence-corrected chi connectivity index (χ1v) is 5.11. The Bertz CT molecular complexity index is 370. The Morgan fingerprint density at radius 3 is 2.71 bits per heavy atom. The molecule has 0 aromatic heterocycles. The molecule has 0 unspecified atom stereocenters. The molecular weight excluding hydrogens is 244 g/mol. The second kappa shape index (κ2) is 4.62. The van der Waals surface area contributed by atoms with Crippen LogP contribution in [0.5, 0.6) is 5.75 Å². The van der Waals surface area contributed by atoms with E-state index in [1.54, 1.807) is 6.08 Å². The number of hydrogen-bond acceptors (Lipinski definition) is 2. The largest absolute Gasteiger partial charge is 0.507 e. The van der Waals surface area contributed by atoms with Gasteiger partial charge in [0.05, 0.1) is 6.61 Å². The fourth-order valence-corrected chi connectivity index (χ4v) is 1.77. The third kappa shape index (κ3) is 2.59. The van der Waals surface area contributed by atoms with Crippen LogP contribution in [-0.2, 0) is 0 Å². The van der Waals surface area contributed by atoms with Gasteiger partial charge in [-0.05, 0) is 37.1 Å². The fraction of sp³-hybridized carbons (Fsp3) is 0.273. The second-order valence-corrected chi connectivity index (χ2v) is 4.23. The lowest BCUT2D eigenvalue weighted by Crippen LogP contribution is -1.86. The Labute approximate surface area is 92.0 Å². The zero-order chi connectivity index (χ0) is 10.7. The second-order valence-electron chi connectivity index (χ2n) is 3.31. The van der Waals surface area contributed by atoms with Gasteiger partial charge in [-0.1, -0.05) is 22.0 Å². The van der Waals surface area contributed by atoms with Crippen LogP contribution in [0, 0.1) is 6.92 Å². The number of rotatable bonds is 2. The summed E-state index contributed by atoms with van der Waals surface area (Å²) in [6.45, 7) is 3.66. The van der Waals surface area contributed by atoms with Gasteiger partial charge < -0.3 is 10.2 Å². The molecule has 0 aliphatic rings. The molecule has 0 saturated heterocycles. The van der Waals surface area contributed by atoms with Crippen molar-refractivity contribution in [2.24, 2.45) is 0 Å². The molecule has 0 atom stereocenters. The summed E-state index contributed by atoms with van der Waals surface area (Å²) < 4.78 is 0.921. The van der Waals surface area contributed by atoms with Crippen LogP contribution in [0.1, 0.15) is 18.1 Å². The van der Waals surface area contributed by atoms with Crippen molar-refractivity contribution >= 4 is 22.0 Å². The predicted octanol–water partition coefficient (Wildman–Crippen LogP) is 2.86. The summed E-state index contributed by atoms with van der Waals surface area (Å²) in [4.78, 5) is 0. The molecule has 3 heteroatoms. The monoisotopic (exact) mass is 256 g/mol. The number of phenolic OH excluding ortho intramolecular Hbond substituents is 1. The van der Waals surface area contributed by atoms with Gasteiger partial charge in [0.25, 0.3) is 0 Å². The first kappa shape index (κ1) is 11.3. The molecule has 0 heterocycles. The van der Waals surface area contributed by atoms with Gasteiger partial charge in [-0.25, -0.2) is 0 Å². The van der Waals surface area contributed by atoms with E-state index < -0.39 is 0 Å². The van der Waals surface area contributed by atoms with E-state index in [9.17, 15) is 5.11 Å². The third-order valence-corrected chi connectivity index (χ3v) is 2.40. The minimum atomic E-state index is 0.00496. The van der Waals surface area contributed by atoms with Gasteiger partial charge in [0.1, 0.15) is 5.75 Å². The first-order valence-electron chi connectivity index (χ1n) is 4.31. The van der Waals surface area contributed by atoms with Crippen LogP contribution in [0.4, 0.5) is 0 Å². The van der Waals surface area contributed by atoms with Crippen LogP contribution in [0.3, 0.4) is 0 Å². The summed E-state index contributed by atoms with van der Waals surface area (Å²) in [6.07, 6.45) is 1.77. The highest BCUT2D eigenvalue weighted by Gasteiger charge is 2.03. The van der Waals surface area contributed by atoms with Gasteiger partial charge in [0.2, 0.25) is 0 Å². The van der Waals surface area contributed by atoms with E-state index in [1.165, 1.54) is 0 Å². The molecule has 0 aliphatic carbocycles. The van der Waals surface area contributed by atoms with Crippen molar-refractivity contribution in [2.75, 3.05) is 6.61 Å². The minimum absolute atomic E-state index is 0.00496.